The van der Waals surface area contributed by atoms with Crippen molar-refractivity contribution < 1.29 is 9.66 Å². The Hall–Kier alpha value is -0.910. The first-order valence-corrected chi connectivity index (χ1v) is 5.77. The molecule has 1 aliphatic heterocycles. The first kappa shape index (κ1) is 12.5. The number of anilines is 1. The first-order chi connectivity index (χ1) is 7.95. The molecule has 1 aliphatic rings. The van der Waals surface area contributed by atoms with Crippen molar-refractivity contribution >= 4 is 46.2 Å². The van der Waals surface area contributed by atoms with E-state index in [4.69, 9.17) is 39.5 Å². The largest absolute Gasteiger partial charge is 0.483 e. The van der Waals surface area contributed by atoms with Gasteiger partial charge in [0.05, 0.1) is 21.5 Å². The Bertz CT molecular complexity index is 507. The highest BCUT2D eigenvalue weighted by molar-refractivity contribution is 6.50. The van der Waals surface area contributed by atoms with Gasteiger partial charge in [-0.2, -0.15) is 0 Å². The molecule has 0 atom stereocenters. The van der Waals surface area contributed by atoms with Crippen LogP contribution in [0.25, 0.3) is 0 Å². The molecular formula is C9H7Cl3N2O3. The van der Waals surface area contributed by atoms with Gasteiger partial charge in [-0.3, -0.25) is 10.1 Å². The van der Waals surface area contributed by atoms with Crippen LogP contribution in [0.15, 0.2) is 0 Å². The molecule has 0 amide bonds. The van der Waals surface area contributed by atoms with Crippen LogP contribution in [-0.4, -0.2) is 25.1 Å². The molecule has 8 heteroatoms. The number of fused-ring (bicyclic) bond motifs is 1. The molecule has 1 aromatic carbocycles. The van der Waals surface area contributed by atoms with Crippen LogP contribution >= 0.6 is 34.8 Å². The van der Waals surface area contributed by atoms with E-state index >= 15 is 0 Å². The van der Waals surface area contributed by atoms with E-state index in [0.717, 1.165) is 0 Å². The number of nitro benzene ring substituents is 1. The summed E-state index contributed by atoms with van der Waals surface area (Å²) in [5, 5.41) is 10.9. The fraction of sp³-hybridized carbons (Fsp3) is 0.333. The molecule has 1 aromatic rings. The molecule has 0 aliphatic carbocycles. The smallest absolute Gasteiger partial charge is 0.333 e. The molecule has 92 valence electrons. The van der Waals surface area contributed by atoms with Crippen LogP contribution in [0, 0.1) is 10.1 Å². The number of benzene rings is 1. The summed E-state index contributed by atoms with van der Waals surface area (Å²) in [7, 11) is 1.75. The number of nitrogens with zero attached hydrogens (tertiary/aromatic N) is 2. The highest BCUT2D eigenvalue weighted by Gasteiger charge is 2.34. The third-order valence-corrected chi connectivity index (χ3v) is 3.78. The third kappa shape index (κ3) is 1.88. The van der Waals surface area contributed by atoms with Gasteiger partial charge in [0.1, 0.15) is 17.3 Å². The van der Waals surface area contributed by atoms with Gasteiger partial charge in [-0.15, -0.1) is 0 Å². The van der Waals surface area contributed by atoms with Crippen molar-refractivity contribution in [2.24, 2.45) is 0 Å². The number of nitro groups is 1. The summed E-state index contributed by atoms with van der Waals surface area (Å²) < 4.78 is 5.29. The van der Waals surface area contributed by atoms with Crippen molar-refractivity contribution in [1.29, 1.82) is 0 Å². The molecule has 0 unspecified atom stereocenters. The lowest BCUT2D eigenvalue weighted by atomic mass is 10.2. The van der Waals surface area contributed by atoms with Gasteiger partial charge in [-0.1, -0.05) is 34.8 Å². The minimum atomic E-state index is -0.622. The molecule has 0 saturated carbocycles. The Kier molecular flexibility index (Phi) is 3.25. The zero-order valence-corrected chi connectivity index (χ0v) is 10.9. The van der Waals surface area contributed by atoms with Gasteiger partial charge in [0.15, 0.2) is 0 Å². The molecule has 17 heavy (non-hydrogen) atoms. The molecule has 0 fully saturated rings. The van der Waals surface area contributed by atoms with Crippen LogP contribution in [0.4, 0.5) is 11.4 Å². The normalized spacial score (nSPS) is 14.2. The van der Waals surface area contributed by atoms with Crippen LogP contribution in [0.5, 0.6) is 5.75 Å². The standard InChI is InChI=1S/C9H7Cl3N2O3/c1-13-2-3-17-9-7(13)5(11)4(10)6(12)8(9)14(15)16/h2-3H2,1H3. The zero-order valence-electron chi connectivity index (χ0n) is 8.67. The maximum Gasteiger partial charge on any atom is 0.333 e. The number of hydrogen-bond donors (Lipinski definition) is 0. The summed E-state index contributed by atoms with van der Waals surface area (Å²) in [5.41, 5.74) is 0.0571. The molecule has 0 aromatic heterocycles. The van der Waals surface area contributed by atoms with Crippen molar-refractivity contribution in [2.75, 3.05) is 25.1 Å². The lowest BCUT2D eigenvalue weighted by Gasteiger charge is -2.28. The summed E-state index contributed by atoms with van der Waals surface area (Å²) in [6.45, 7) is 0.903. The van der Waals surface area contributed by atoms with E-state index in [1.165, 1.54) is 0 Å². The number of ether oxygens (including phenoxy) is 1. The number of hydrogen-bond acceptors (Lipinski definition) is 4. The fourth-order valence-corrected chi connectivity index (χ4v) is 2.45. The zero-order chi connectivity index (χ0) is 12.7. The summed E-state index contributed by atoms with van der Waals surface area (Å²) in [6, 6.07) is 0. The topological polar surface area (TPSA) is 55.6 Å². The highest BCUT2D eigenvalue weighted by atomic mass is 35.5. The van der Waals surface area contributed by atoms with Crippen LogP contribution in [0.1, 0.15) is 0 Å². The lowest BCUT2D eigenvalue weighted by Crippen LogP contribution is -2.29. The van der Waals surface area contributed by atoms with Crippen LogP contribution < -0.4 is 9.64 Å². The maximum atomic E-state index is 11.0. The second-order valence-corrected chi connectivity index (χ2v) is 4.63. The minimum Gasteiger partial charge on any atom is -0.483 e. The summed E-state index contributed by atoms with van der Waals surface area (Å²) >= 11 is 17.7. The van der Waals surface area contributed by atoms with E-state index in [1.807, 2.05) is 0 Å². The highest BCUT2D eigenvalue weighted by Crippen LogP contribution is 2.52. The molecule has 0 radical (unpaired) electrons. The Labute approximate surface area is 112 Å². The van der Waals surface area contributed by atoms with Crippen LogP contribution in [-0.2, 0) is 0 Å². The van der Waals surface area contributed by atoms with E-state index in [9.17, 15) is 10.1 Å². The fourth-order valence-electron chi connectivity index (χ4n) is 1.65. The van der Waals surface area contributed by atoms with E-state index in [1.54, 1.807) is 11.9 Å². The molecule has 5 nitrogen and oxygen atoms in total. The second-order valence-electron chi connectivity index (χ2n) is 3.50. The van der Waals surface area contributed by atoms with Crippen LogP contribution in [0.2, 0.25) is 15.1 Å². The Morgan fingerprint density at radius 1 is 1.29 bits per heavy atom. The summed E-state index contributed by atoms with van der Waals surface area (Å²) in [5.74, 6) is 0.0724. The number of rotatable bonds is 1. The van der Waals surface area contributed by atoms with E-state index < -0.39 is 4.92 Å². The second kappa shape index (κ2) is 4.40. The number of halogens is 3. The van der Waals surface area contributed by atoms with Crippen molar-refractivity contribution in [3.8, 4) is 5.75 Å². The van der Waals surface area contributed by atoms with Gasteiger partial charge < -0.3 is 9.64 Å². The SMILES string of the molecule is CN1CCOc2c1c(Cl)c(Cl)c(Cl)c2[N+](=O)[O-]. The van der Waals surface area contributed by atoms with E-state index in [-0.39, 0.29) is 26.5 Å². The van der Waals surface area contributed by atoms with Crippen molar-refractivity contribution in [3.63, 3.8) is 0 Å². The monoisotopic (exact) mass is 296 g/mol. The van der Waals surface area contributed by atoms with Gasteiger partial charge in [0.2, 0.25) is 5.75 Å². The van der Waals surface area contributed by atoms with Gasteiger partial charge in [-0.25, -0.2) is 0 Å². The Balaban J connectivity index is 2.82. The Morgan fingerprint density at radius 2 is 1.94 bits per heavy atom. The summed E-state index contributed by atoms with van der Waals surface area (Å²) in [4.78, 5) is 12.1. The molecule has 2 rings (SSSR count). The predicted molar refractivity (Wildman–Crippen MR) is 66.9 cm³/mol. The maximum absolute atomic E-state index is 11.0. The molecule has 0 saturated heterocycles. The minimum absolute atomic E-state index is 0.0314. The molecule has 1 heterocycles. The quantitative estimate of drug-likeness (QED) is 0.453. The molecular weight excluding hydrogens is 290 g/mol. The van der Waals surface area contributed by atoms with E-state index in [0.29, 0.717) is 18.8 Å². The Morgan fingerprint density at radius 3 is 2.53 bits per heavy atom. The van der Waals surface area contributed by atoms with Gasteiger partial charge in [-0.05, 0) is 0 Å². The molecule has 0 bridgehead atoms. The average molecular weight is 298 g/mol. The van der Waals surface area contributed by atoms with Crippen molar-refractivity contribution in [2.45, 2.75) is 0 Å². The van der Waals surface area contributed by atoms with E-state index in [2.05, 4.69) is 0 Å². The molecule has 0 N–H and O–H groups in total. The van der Waals surface area contributed by atoms with Gasteiger partial charge in [0.25, 0.3) is 0 Å². The average Bonchev–Trinajstić information content (AvgIpc) is 2.25. The molecule has 0 spiro atoms. The summed E-state index contributed by atoms with van der Waals surface area (Å²) in [6.07, 6.45) is 0. The van der Waals surface area contributed by atoms with Crippen LogP contribution in [0.3, 0.4) is 0 Å². The third-order valence-electron chi connectivity index (χ3n) is 2.47. The van der Waals surface area contributed by atoms with Crippen molar-refractivity contribution in [3.05, 3.63) is 25.2 Å². The lowest BCUT2D eigenvalue weighted by molar-refractivity contribution is -0.385. The van der Waals surface area contributed by atoms with Crippen molar-refractivity contribution in [1.82, 2.24) is 0 Å². The predicted octanol–water partition coefficient (Wildman–Crippen LogP) is 3.38. The van der Waals surface area contributed by atoms with Gasteiger partial charge in [0, 0.05) is 7.05 Å². The first-order valence-electron chi connectivity index (χ1n) is 4.64. The van der Waals surface area contributed by atoms with Gasteiger partial charge >= 0.3 is 5.69 Å². The number of likely N-dealkylation sites (N-methyl/N-ethyl adjacent to an activating group) is 1.